The summed E-state index contributed by atoms with van der Waals surface area (Å²) in [6.07, 6.45) is 5.07. The summed E-state index contributed by atoms with van der Waals surface area (Å²) in [6.45, 7) is 13.9. The third-order valence-electron chi connectivity index (χ3n) is 3.99. The number of hydrogen-bond acceptors (Lipinski definition) is 2. The van der Waals surface area contributed by atoms with Crippen LogP contribution in [-0.2, 0) is 9.53 Å². The first-order chi connectivity index (χ1) is 9.11. The number of carbonyl (C=O) groups excluding carboxylic acids is 1. The first-order valence-electron chi connectivity index (χ1n) is 7.97. The highest BCUT2D eigenvalue weighted by Crippen LogP contribution is 2.33. The van der Waals surface area contributed by atoms with Crippen LogP contribution in [0.5, 0.6) is 0 Å². The zero-order valence-electron chi connectivity index (χ0n) is 13.6. The highest BCUT2D eigenvalue weighted by atomic mass is 16.5. The lowest BCUT2D eigenvalue weighted by Crippen LogP contribution is -2.42. The molecule has 0 aliphatic carbocycles. The number of amides is 1. The highest BCUT2D eigenvalue weighted by Gasteiger charge is 2.29. The minimum Gasteiger partial charge on any atom is -0.381 e. The summed E-state index contributed by atoms with van der Waals surface area (Å²) in [5, 5.41) is 0. The zero-order valence-corrected chi connectivity index (χ0v) is 13.6. The number of carbonyl (C=O) groups is 1. The predicted octanol–water partition coefficient (Wildman–Crippen LogP) is 3.87. The van der Waals surface area contributed by atoms with Gasteiger partial charge in [-0.2, -0.15) is 0 Å². The van der Waals surface area contributed by atoms with Crippen LogP contribution in [0.4, 0.5) is 0 Å². The van der Waals surface area contributed by atoms with Crippen molar-refractivity contribution in [1.82, 2.24) is 4.90 Å². The van der Waals surface area contributed by atoms with E-state index in [-0.39, 0.29) is 5.91 Å². The van der Waals surface area contributed by atoms with Crippen molar-refractivity contribution in [1.29, 1.82) is 0 Å². The van der Waals surface area contributed by atoms with Crippen molar-refractivity contribution < 1.29 is 9.53 Å². The second kappa shape index (κ2) is 10.2. The van der Waals surface area contributed by atoms with Crippen molar-refractivity contribution in [2.45, 2.75) is 66.7 Å². The van der Waals surface area contributed by atoms with Gasteiger partial charge in [-0.05, 0) is 24.7 Å². The van der Waals surface area contributed by atoms with Crippen LogP contribution in [-0.4, -0.2) is 37.1 Å². The molecule has 1 saturated heterocycles. The molecule has 3 nitrogen and oxygen atoms in total. The smallest absolute Gasteiger partial charge is 0.224 e. The Hall–Kier alpha value is -0.570. The number of ether oxygens (including phenoxy) is 1. The molecule has 0 saturated carbocycles. The van der Waals surface area contributed by atoms with E-state index in [0.29, 0.717) is 18.4 Å². The fourth-order valence-corrected chi connectivity index (χ4v) is 2.21. The van der Waals surface area contributed by atoms with Gasteiger partial charge in [0.05, 0.1) is 13.0 Å². The van der Waals surface area contributed by atoms with Crippen molar-refractivity contribution in [3.8, 4) is 0 Å². The molecule has 0 spiro atoms. The van der Waals surface area contributed by atoms with Crippen LogP contribution in [0.1, 0.15) is 66.7 Å². The van der Waals surface area contributed by atoms with E-state index in [4.69, 9.17) is 4.74 Å². The van der Waals surface area contributed by atoms with Gasteiger partial charge in [0.2, 0.25) is 5.91 Å². The van der Waals surface area contributed by atoms with Gasteiger partial charge < -0.3 is 9.64 Å². The molecule has 1 rings (SSSR count). The Kier molecular flexibility index (Phi) is 9.94. The second-order valence-electron chi connectivity index (χ2n) is 5.41. The van der Waals surface area contributed by atoms with Gasteiger partial charge in [0.25, 0.3) is 0 Å². The van der Waals surface area contributed by atoms with Crippen LogP contribution in [0.3, 0.4) is 0 Å². The van der Waals surface area contributed by atoms with Crippen LogP contribution in [0.25, 0.3) is 0 Å². The maximum atomic E-state index is 11.9. The van der Waals surface area contributed by atoms with Gasteiger partial charge in [0, 0.05) is 19.7 Å². The van der Waals surface area contributed by atoms with Crippen molar-refractivity contribution >= 4 is 5.91 Å². The van der Waals surface area contributed by atoms with E-state index in [2.05, 4.69) is 20.8 Å². The molecule has 0 N–H and O–H groups in total. The second-order valence-corrected chi connectivity index (χ2v) is 5.41. The molecule has 0 aromatic heterocycles. The number of likely N-dealkylation sites (tertiary alicyclic amines) is 1. The fourth-order valence-electron chi connectivity index (χ4n) is 2.21. The molecule has 0 unspecified atom stereocenters. The third-order valence-corrected chi connectivity index (χ3v) is 3.99. The van der Waals surface area contributed by atoms with Crippen LogP contribution in [0, 0.1) is 5.41 Å². The molecule has 0 aromatic carbocycles. The molecule has 3 heteroatoms. The molecule has 0 bridgehead atoms. The van der Waals surface area contributed by atoms with Gasteiger partial charge in [-0.15, -0.1) is 0 Å². The van der Waals surface area contributed by atoms with Crippen LogP contribution < -0.4 is 0 Å². The Labute approximate surface area is 119 Å². The van der Waals surface area contributed by atoms with E-state index in [1.54, 1.807) is 0 Å². The Morgan fingerprint density at radius 3 is 2.21 bits per heavy atom. The van der Waals surface area contributed by atoms with E-state index < -0.39 is 0 Å². The van der Waals surface area contributed by atoms with E-state index in [0.717, 1.165) is 39.0 Å². The maximum absolute atomic E-state index is 11.9. The molecule has 1 aliphatic rings. The summed E-state index contributed by atoms with van der Waals surface area (Å²) < 4.78 is 5.36. The van der Waals surface area contributed by atoms with Crippen molar-refractivity contribution in [2.24, 2.45) is 5.41 Å². The van der Waals surface area contributed by atoms with Gasteiger partial charge >= 0.3 is 0 Å². The van der Waals surface area contributed by atoms with Crippen molar-refractivity contribution in [2.75, 3.05) is 26.3 Å². The molecule has 1 heterocycles. The first kappa shape index (κ1) is 18.4. The predicted molar refractivity (Wildman–Crippen MR) is 81.3 cm³/mol. The Balaban J connectivity index is 0.00000154. The molecular weight excluding hydrogens is 238 g/mol. The lowest BCUT2D eigenvalue weighted by molar-refractivity contribution is -0.134. The fraction of sp³-hybridized carbons (Fsp3) is 0.938. The van der Waals surface area contributed by atoms with Crippen LogP contribution in [0.15, 0.2) is 0 Å². The van der Waals surface area contributed by atoms with Crippen LogP contribution in [0.2, 0.25) is 0 Å². The average Bonchev–Trinajstić information content (AvgIpc) is 2.46. The normalized spacial score (nSPS) is 17.6. The number of nitrogens with zero attached hydrogens (tertiary/aromatic N) is 1. The lowest BCUT2D eigenvalue weighted by Gasteiger charge is -2.39. The molecule has 1 amide bonds. The SMILES string of the molecule is CC.CCCOCCC(=O)N1CCC(C)(CC)CC1. The summed E-state index contributed by atoms with van der Waals surface area (Å²) in [5.74, 6) is 0.263. The van der Waals surface area contributed by atoms with Gasteiger partial charge in [-0.1, -0.05) is 41.0 Å². The monoisotopic (exact) mass is 271 g/mol. The van der Waals surface area contributed by atoms with Crippen molar-refractivity contribution in [3.05, 3.63) is 0 Å². The Morgan fingerprint density at radius 2 is 1.74 bits per heavy atom. The molecular formula is C16H33NO2. The minimum atomic E-state index is 0.263. The minimum absolute atomic E-state index is 0.263. The van der Waals surface area contributed by atoms with Gasteiger partial charge in [-0.3, -0.25) is 4.79 Å². The maximum Gasteiger partial charge on any atom is 0.224 e. The average molecular weight is 271 g/mol. The topological polar surface area (TPSA) is 29.5 Å². The number of hydrogen-bond donors (Lipinski definition) is 0. The Morgan fingerprint density at radius 1 is 1.16 bits per heavy atom. The lowest BCUT2D eigenvalue weighted by atomic mass is 9.78. The number of rotatable bonds is 6. The molecule has 1 fully saturated rings. The van der Waals surface area contributed by atoms with E-state index in [9.17, 15) is 4.79 Å². The third kappa shape index (κ3) is 6.95. The molecule has 0 aromatic rings. The number of piperidine rings is 1. The van der Waals surface area contributed by atoms with E-state index in [1.165, 1.54) is 6.42 Å². The standard InChI is InChI=1S/C14H27NO2.C2H6/c1-4-11-17-12-6-13(16)15-9-7-14(3,5-2)8-10-15;1-2/h4-12H2,1-3H3;1-2H3. The summed E-state index contributed by atoms with van der Waals surface area (Å²) in [7, 11) is 0. The largest absolute Gasteiger partial charge is 0.381 e. The van der Waals surface area contributed by atoms with Crippen LogP contribution >= 0.6 is 0 Å². The van der Waals surface area contributed by atoms with E-state index in [1.807, 2.05) is 18.7 Å². The summed E-state index contributed by atoms with van der Waals surface area (Å²) >= 11 is 0. The highest BCUT2D eigenvalue weighted by molar-refractivity contribution is 5.76. The molecule has 0 radical (unpaired) electrons. The molecule has 19 heavy (non-hydrogen) atoms. The molecule has 1 aliphatic heterocycles. The van der Waals surface area contributed by atoms with Gasteiger partial charge in [0.15, 0.2) is 0 Å². The summed E-state index contributed by atoms with van der Waals surface area (Å²) in [6, 6.07) is 0. The molecule has 0 atom stereocenters. The Bertz CT molecular complexity index is 233. The van der Waals surface area contributed by atoms with Gasteiger partial charge in [-0.25, -0.2) is 0 Å². The quantitative estimate of drug-likeness (QED) is 0.686. The molecule has 114 valence electrons. The van der Waals surface area contributed by atoms with E-state index >= 15 is 0 Å². The van der Waals surface area contributed by atoms with Crippen molar-refractivity contribution in [3.63, 3.8) is 0 Å². The first-order valence-corrected chi connectivity index (χ1v) is 7.97. The zero-order chi connectivity index (χ0) is 14.7. The summed E-state index contributed by atoms with van der Waals surface area (Å²) in [5.41, 5.74) is 0.454. The van der Waals surface area contributed by atoms with Gasteiger partial charge in [0.1, 0.15) is 0 Å². The summed E-state index contributed by atoms with van der Waals surface area (Å²) in [4.78, 5) is 13.9.